The molecule has 1 aliphatic carbocycles. The second kappa shape index (κ2) is 13.4. The Morgan fingerprint density at radius 3 is 2.28 bits per heavy atom. The van der Waals surface area contributed by atoms with Gasteiger partial charge in [0.15, 0.2) is 0 Å². The van der Waals surface area contributed by atoms with E-state index in [-0.39, 0.29) is 18.9 Å². The van der Waals surface area contributed by atoms with E-state index in [2.05, 4.69) is 16.6 Å². The third kappa shape index (κ3) is 8.13. The van der Waals surface area contributed by atoms with Gasteiger partial charge in [0.1, 0.15) is 17.7 Å². The lowest BCUT2D eigenvalue weighted by Gasteiger charge is -2.43. The average Bonchev–Trinajstić information content (AvgIpc) is 2.92. The van der Waals surface area contributed by atoms with Crippen LogP contribution in [-0.4, -0.2) is 46.4 Å². The van der Waals surface area contributed by atoms with Crippen LogP contribution in [0.1, 0.15) is 70.0 Å². The number of nitrogens with zero attached hydrogens (tertiary/aromatic N) is 1. The summed E-state index contributed by atoms with van der Waals surface area (Å²) < 4.78 is 5.40. The predicted molar refractivity (Wildman–Crippen MR) is 166 cm³/mol. The number of terminal acetylenes is 1. The number of alkyl carbamates (subject to hydrolysis) is 1. The zero-order chi connectivity index (χ0) is 31.1. The van der Waals surface area contributed by atoms with Crippen molar-refractivity contribution in [2.45, 2.75) is 76.6 Å². The number of carbonyl (C=O) groups is 4. The second-order valence-corrected chi connectivity index (χ2v) is 11.8. The number of nitrogens with one attached hydrogen (secondary N) is 2. The molecule has 4 amide bonds. The molecule has 9 nitrogen and oxygen atoms in total. The number of anilines is 1. The van der Waals surface area contributed by atoms with Crippen LogP contribution in [-0.2, 0) is 19.1 Å². The number of fused-ring (bicyclic) bond motifs is 1. The van der Waals surface area contributed by atoms with Crippen molar-refractivity contribution in [1.82, 2.24) is 10.2 Å². The maximum atomic E-state index is 14.4. The van der Waals surface area contributed by atoms with Crippen LogP contribution in [0.3, 0.4) is 0 Å². The number of ether oxygens (including phenoxy) is 1. The summed E-state index contributed by atoms with van der Waals surface area (Å²) >= 11 is 0. The average molecular weight is 583 g/mol. The highest BCUT2D eigenvalue weighted by atomic mass is 16.6. The molecule has 0 spiro atoms. The summed E-state index contributed by atoms with van der Waals surface area (Å²) in [5, 5.41) is 7.61. The van der Waals surface area contributed by atoms with Crippen LogP contribution in [0.15, 0.2) is 66.7 Å². The first kappa shape index (κ1) is 31.1. The number of hydrogen-bond acceptors (Lipinski definition) is 5. The van der Waals surface area contributed by atoms with E-state index in [4.69, 9.17) is 16.9 Å². The summed E-state index contributed by atoms with van der Waals surface area (Å²) in [6.45, 7) is 5.13. The minimum atomic E-state index is -1.15. The molecule has 4 rings (SSSR count). The van der Waals surface area contributed by atoms with Gasteiger partial charge in [-0.3, -0.25) is 14.4 Å². The van der Waals surface area contributed by atoms with Crippen LogP contribution in [0.2, 0.25) is 0 Å². The first-order chi connectivity index (χ1) is 20.4. The Labute approximate surface area is 252 Å². The number of nitrogens with two attached hydrogens (primary N) is 1. The molecule has 3 aromatic carbocycles. The second-order valence-electron chi connectivity index (χ2n) is 11.8. The smallest absolute Gasteiger partial charge is 0.408 e. The van der Waals surface area contributed by atoms with Gasteiger partial charge in [-0.25, -0.2) is 4.79 Å². The third-order valence-corrected chi connectivity index (χ3v) is 7.33. The van der Waals surface area contributed by atoms with Gasteiger partial charge in [0.2, 0.25) is 11.8 Å². The van der Waals surface area contributed by atoms with E-state index in [0.717, 1.165) is 17.2 Å². The highest BCUT2D eigenvalue weighted by Gasteiger charge is 2.42. The molecule has 0 aromatic heterocycles. The maximum Gasteiger partial charge on any atom is 0.408 e. The van der Waals surface area contributed by atoms with E-state index >= 15 is 0 Å². The minimum Gasteiger partial charge on any atom is -0.444 e. The Morgan fingerprint density at radius 1 is 1.02 bits per heavy atom. The zero-order valence-electron chi connectivity index (χ0n) is 24.8. The quantitative estimate of drug-likeness (QED) is 0.288. The molecule has 0 aliphatic heterocycles. The molecule has 2 unspecified atom stereocenters. The highest BCUT2D eigenvalue weighted by Crippen LogP contribution is 2.35. The predicted octanol–water partition coefficient (Wildman–Crippen LogP) is 5.04. The van der Waals surface area contributed by atoms with E-state index < -0.39 is 41.5 Å². The van der Waals surface area contributed by atoms with Crippen molar-refractivity contribution in [2.75, 3.05) is 5.32 Å². The van der Waals surface area contributed by atoms with E-state index in [1.807, 2.05) is 42.5 Å². The Bertz CT molecular complexity index is 1530. The molecular formula is C34H38N4O5. The van der Waals surface area contributed by atoms with Crippen molar-refractivity contribution < 1.29 is 23.9 Å². The summed E-state index contributed by atoms with van der Waals surface area (Å²) in [5.74, 6) is 1.03. The molecule has 224 valence electrons. The van der Waals surface area contributed by atoms with Crippen LogP contribution in [0.5, 0.6) is 0 Å². The first-order valence-electron chi connectivity index (χ1n) is 14.4. The molecule has 0 heterocycles. The Hall–Kier alpha value is -4.84. The van der Waals surface area contributed by atoms with Gasteiger partial charge < -0.3 is 26.0 Å². The van der Waals surface area contributed by atoms with Crippen molar-refractivity contribution in [3.05, 3.63) is 77.9 Å². The Balaban J connectivity index is 1.73. The van der Waals surface area contributed by atoms with Crippen LogP contribution in [0, 0.1) is 12.3 Å². The van der Waals surface area contributed by atoms with E-state index in [1.165, 1.54) is 4.90 Å². The fourth-order valence-corrected chi connectivity index (χ4v) is 5.03. The fraction of sp³-hybridized carbons (Fsp3) is 0.353. The van der Waals surface area contributed by atoms with Crippen LogP contribution >= 0.6 is 0 Å². The van der Waals surface area contributed by atoms with Crippen LogP contribution in [0.25, 0.3) is 10.8 Å². The molecule has 4 N–H and O–H groups in total. The van der Waals surface area contributed by atoms with Gasteiger partial charge in [-0.2, -0.15) is 0 Å². The van der Waals surface area contributed by atoms with Gasteiger partial charge in [-0.1, -0.05) is 48.4 Å². The van der Waals surface area contributed by atoms with Gasteiger partial charge in [0, 0.05) is 23.7 Å². The molecule has 3 aromatic rings. The summed E-state index contributed by atoms with van der Waals surface area (Å²) in [7, 11) is 0. The van der Waals surface area contributed by atoms with Gasteiger partial charge in [0.05, 0.1) is 0 Å². The maximum absolute atomic E-state index is 14.4. The molecule has 1 fully saturated rings. The molecule has 43 heavy (non-hydrogen) atoms. The fourth-order valence-electron chi connectivity index (χ4n) is 5.03. The van der Waals surface area contributed by atoms with E-state index in [0.29, 0.717) is 29.7 Å². The molecular weight excluding hydrogens is 544 g/mol. The Morgan fingerprint density at radius 2 is 1.70 bits per heavy atom. The zero-order valence-corrected chi connectivity index (χ0v) is 24.8. The molecule has 0 saturated heterocycles. The van der Waals surface area contributed by atoms with Crippen LogP contribution in [0.4, 0.5) is 10.5 Å². The van der Waals surface area contributed by atoms with Gasteiger partial charge >= 0.3 is 6.09 Å². The van der Waals surface area contributed by atoms with Gasteiger partial charge in [-0.05, 0) is 87.1 Å². The number of primary amides is 1. The van der Waals surface area contributed by atoms with Crippen molar-refractivity contribution >= 4 is 40.3 Å². The highest BCUT2D eigenvalue weighted by molar-refractivity contribution is 6.00. The molecule has 9 heteroatoms. The number of amides is 4. The molecule has 1 aliphatic rings. The van der Waals surface area contributed by atoms with E-state index in [1.54, 1.807) is 45.0 Å². The number of carbonyl (C=O) groups excluding carboxylic acids is 4. The van der Waals surface area contributed by atoms with Gasteiger partial charge in [-0.15, -0.1) is 6.42 Å². The van der Waals surface area contributed by atoms with Crippen LogP contribution < -0.4 is 16.4 Å². The monoisotopic (exact) mass is 582 g/mol. The van der Waals surface area contributed by atoms with Crippen molar-refractivity contribution in [3.63, 3.8) is 0 Å². The first-order valence-corrected chi connectivity index (χ1v) is 14.4. The molecule has 0 bridgehead atoms. The summed E-state index contributed by atoms with van der Waals surface area (Å²) in [4.78, 5) is 54.5. The van der Waals surface area contributed by atoms with Crippen molar-refractivity contribution in [1.29, 1.82) is 0 Å². The minimum absolute atomic E-state index is 0.0499. The normalized spacial score (nSPS) is 14.5. The van der Waals surface area contributed by atoms with Gasteiger partial charge in [0.25, 0.3) is 5.91 Å². The summed E-state index contributed by atoms with van der Waals surface area (Å²) in [5.41, 5.74) is 6.37. The summed E-state index contributed by atoms with van der Waals surface area (Å²) in [6, 6.07) is 17.9. The lowest BCUT2D eigenvalue weighted by Crippen LogP contribution is -2.57. The van der Waals surface area contributed by atoms with Crippen molar-refractivity contribution in [3.8, 4) is 12.3 Å². The molecule has 2 atom stereocenters. The third-order valence-electron chi connectivity index (χ3n) is 7.33. The number of hydrogen-bond donors (Lipinski definition) is 3. The number of rotatable bonds is 10. The molecule has 0 radical (unpaired) electrons. The van der Waals surface area contributed by atoms with E-state index in [9.17, 15) is 19.2 Å². The van der Waals surface area contributed by atoms with Crippen molar-refractivity contribution in [2.24, 2.45) is 5.73 Å². The standard InChI is InChI=1S/C34H38N4O5/c1-5-22-13-15-24(16-14-22)30(31(40)36-26-18-17-23-9-6-7-10-25(23)21-26)38(27-11-8-12-27)32(41)28(19-20-29(35)39)37-33(42)43-34(2,3)4/h1,6-7,9-10,13-18,21,27-28,30H,8,11-12,19-20H2,2-4H3,(H2,35,39)(H,36,40)(H,37,42). The SMILES string of the molecule is C#Cc1ccc(C(C(=O)Nc2ccc3ccccc3c2)N(C(=O)C(CCC(N)=O)NC(=O)OC(C)(C)C)C2CCC2)cc1. The number of benzene rings is 3. The molecule has 1 saturated carbocycles. The summed E-state index contributed by atoms with van der Waals surface area (Å²) in [6.07, 6.45) is 6.83. The lowest BCUT2D eigenvalue weighted by atomic mass is 9.87. The lowest BCUT2D eigenvalue weighted by molar-refractivity contribution is -0.146. The topological polar surface area (TPSA) is 131 Å². The Kier molecular flexibility index (Phi) is 9.71. The largest absolute Gasteiger partial charge is 0.444 e.